The van der Waals surface area contributed by atoms with Gasteiger partial charge in [-0.2, -0.15) is 0 Å². The van der Waals surface area contributed by atoms with Gasteiger partial charge in [0.25, 0.3) is 5.91 Å². The average molecular weight is 270 g/mol. The van der Waals surface area contributed by atoms with Gasteiger partial charge in [0.1, 0.15) is 5.75 Å². The largest absolute Gasteiger partial charge is 0.454 e. The van der Waals surface area contributed by atoms with Crippen molar-refractivity contribution in [2.24, 2.45) is 5.73 Å². The van der Waals surface area contributed by atoms with Crippen LogP contribution in [0.2, 0.25) is 0 Å². The Morgan fingerprint density at radius 2 is 1.85 bits per heavy atom. The number of hydrogen-bond acceptors (Lipinski definition) is 3. The van der Waals surface area contributed by atoms with Crippen molar-refractivity contribution in [2.45, 2.75) is 20.8 Å². The highest BCUT2D eigenvalue weighted by Gasteiger charge is 2.15. The van der Waals surface area contributed by atoms with Crippen LogP contribution >= 0.6 is 0 Å². The molecule has 0 fully saturated rings. The minimum absolute atomic E-state index is 0.281. The van der Waals surface area contributed by atoms with Gasteiger partial charge in [-0.25, -0.2) is 0 Å². The number of rotatable bonds is 3. The molecule has 2 aromatic carbocycles. The first kappa shape index (κ1) is 13.9. The van der Waals surface area contributed by atoms with Crippen molar-refractivity contribution in [2.75, 3.05) is 5.73 Å². The van der Waals surface area contributed by atoms with Crippen LogP contribution in [0.4, 0.5) is 5.69 Å². The average Bonchev–Trinajstić information content (AvgIpc) is 2.37. The first-order valence-corrected chi connectivity index (χ1v) is 6.34. The van der Waals surface area contributed by atoms with E-state index in [1.165, 1.54) is 0 Å². The molecule has 0 saturated carbocycles. The summed E-state index contributed by atoms with van der Waals surface area (Å²) in [5.41, 5.74) is 15.1. The van der Waals surface area contributed by atoms with Gasteiger partial charge in [0.15, 0.2) is 5.75 Å². The van der Waals surface area contributed by atoms with Gasteiger partial charge in [0.05, 0.1) is 11.3 Å². The summed E-state index contributed by atoms with van der Waals surface area (Å²) >= 11 is 0. The molecule has 20 heavy (non-hydrogen) atoms. The predicted octanol–water partition coefficient (Wildman–Crippen LogP) is 3.09. The van der Waals surface area contributed by atoms with E-state index in [-0.39, 0.29) is 5.56 Å². The zero-order valence-corrected chi connectivity index (χ0v) is 11.9. The van der Waals surface area contributed by atoms with E-state index in [9.17, 15) is 4.79 Å². The van der Waals surface area contributed by atoms with Gasteiger partial charge >= 0.3 is 0 Å². The molecule has 4 N–H and O–H groups in total. The molecule has 0 heterocycles. The number of carbonyl (C=O) groups is 1. The van der Waals surface area contributed by atoms with Crippen molar-refractivity contribution in [1.82, 2.24) is 0 Å². The number of para-hydroxylation sites is 1. The number of benzene rings is 2. The van der Waals surface area contributed by atoms with E-state index in [0.29, 0.717) is 17.2 Å². The molecule has 4 nitrogen and oxygen atoms in total. The van der Waals surface area contributed by atoms with Crippen LogP contribution in [0.5, 0.6) is 11.5 Å². The number of anilines is 1. The van der Waals surface area contributed by atoms with E-state index in [1.54, 1.807) is 18.2 Å². The Kier molecular flexibility index (Phi) is 3.66. The van der Waals surface area contributed by atoms with E-state index in [4.69, 9.17) is 16.2 Å². The fourth-order valence-electron chi connectivity index (χ4n) is 2.08. The normalized spacial score (nSPS) is 10.3. The van der Waals surface area contributed by atoms with Crippen LogP contribution < -0.4 is 16.2 Å². The second-order valence-corrected chi connectivity index (χ2v) is 4.90. The number of ether oxygens (including phenoxy) is 1. The minimum Gasteiger partial charge on any atom is -0.454 e. The Bertz CT molecular complexity index is 678. The molecule has 0 aliphatic carbocycles. The Hall–Kier alpha value is -2.49. The Labute approximate surface area is 118 Å². The second-order valence-electron chi connectivity index (χ2n) is 4.90. The molecule has 0 aliphatic heterocycles. The molecular weight excluding hydrogens is 252 g/mol. The zero-order chi connectivity index (χ0) is 14.9. The molecule has 0 bridgehead atoms. The number of carbonyl (C=O) groups excluding carboxylic acids is 1. The van der Waals surface area contributed by atoms with Crippen molar-refractivity contribution >= 4 is 11.6 Å². The lowest BCUT2D eigenvalue weighted by atomic mass is 10.1. The summed E-state index contributed by atoms with van der Waals surface area (Å²) in [5, 5.41) is 0. The third kappa shape index (κ3) is 2.59. The third-order valence-electron chi connectivity index (χ3n) is 3.29. The SMILES string of the molecule is Cc1cc(C)c(C)c(Oc2c(N)cccc2C(N)=O)c1. The van der Waals surface area contributed by atoms with Crippen LogP contribution in [-0.4, -0.2) is 5.91 Å². The first-order chi connectivity index (χ1) is 9.40. The van der Waals surface area contributed by atoms with Gasteiger partial charge in [0, 0.05) is 0 Å². The standard InChI is InChI=1S/C16H18N2O2/c1-9-7-10(2)11(3)14(8-9)20-15-12(16(18)19)5-4-6-13(15)17/h4-8H,17H2,1-3H3,(H2,18,19). The number of nitrogen functional groups attached to an aromatic ring is 1. The van der Waals surface area contributed by atoms with Crippen molar-refractivity contribution in [3.05, 3.63) is 52.6 Å². The maximum absolute atomic E-state index is 11.5. The Morgan fingerprint density at radius 1 is 1.15 bits per heavy atom. The summed E-state index contributed by atoms with van der Waals surface area (Å²) in [4.78, 5) is 11.5. The van der Waals surface area contributed by atoms with Crippen LogP contribution in [0, 0.1) is 20.8 Å². The second kappa shape index (κ2) is 5.25. The molecule has 4 heteroatoms. The summed E-state index contributed by atoms with van der Waals surface area (Å²) in [6, 6.07) is 8.95. The van der Waals surface area contributed by atoms with Crippen molar-refractivity contribution in [3.8, 4) is 11.5 Å². The van der Waals surface area contributed by atoms with Crippen LogP contribution in [0.1, 0.15) is 27.0 Å². The van der Waals surface area contributed by atoms with Crippen molar-refractivity contribution < 1.29 is 9.53 Å². The van der Waals surface area contributed by atoms with E-state index in [0.717, 1.165) is 16.7 Å². The highest BCUT2D eigenvalue weighted by atomic mass is 16.5. The quantitative estimate of drug-likeness (QED) is 0.841. The van der Waals surface area contributed by atoms with Gasteiger partial charge < -0.3 is 16.2 Å². The summed E-state index contributed by atoms with van der Waals surface area (Å²) in [6.07, 6.45) is 0. The van der Waals surface area contributed by atoms with Gasteiger partial charge in [-0.15, -0.1) is 0 Å². The number of aryl methyl sites for hydroxylation is 2. The maximum Gasteiger partial charge on any atom is 0.252 e. The van der Waals surface area contributed by atoms with Gasteiger partial charge in [-0.1, -0.05) is 12.1 Å². The molecule has 0 aliphatic rings. The van der Waals surface area contributed by atoms with Crippen LogP contribution in [-0.2, 0) is 0 Å². The summed E-state index contributed by atoms with van der Waals surface area (Å²) in [6.45, 7) is 5.97. The number of nitrogens with two attached hydrogens (primary N) is 2. The fourth-order valence-corrected chi connectivity index (χ4v) is 2.08. The number of hydrogen-bond donors (Lipinski definition) is 2. The van der Waals surface area contributed by atoms with Crippen LogP contribution in [0.25, 0.3) is 0 Å². The maximum atomic E-state index is 11.5. The Morgan fingerprint density at radius 3 is 2.50 bits per heavy atom. The smallest absolute Gasteiger partial charge is 0.252 e. The van der Waals surface area contributed by atoms with Gasteiger partial charge in [-0.05, 0) is 55.7 Å². The third-order valence-corrected chi connectivity index (χ3v) is 3.29. The molecule has 1 amide bonds. The molecule has 0 atom stereocenters. The topological polar surface area (TPSA) is 78.3 Å². The van der Waals surface area contributed by atoms with Crippen molar-refractivity contribution in [3.63, 3.8) is 0 Å². The minimum atomic E-state index is -0.561. The molecule has 0 unspecified atom stereocenters. The number of amides is 1. The van der Waals surface area contributed by atoms with Gasteiger partial charge in [-0.3, -0.25) is 4.79 Å². The highest BCUT2D eigenvalue weighted by molar-refractivity contribution is 5.97. The molecule has 0 radical (unpaired) electrons. The lowest BCUT2D eigenvalue weighted by molar-refractivity contribution is 0.0998. The lowest BCUT2D eigenvalue weighted by Crippen LogP contribution is -2.13. The lowest BCUT2D eigenvalue weighted by Gasteiger charge is -2.15. The highest BCUT2D eigenvalue weighted by Crippen LogP contribution is 2.34. The predicted molar refractivity (Wildman–Crippen MR) is 80.1 cm³/mol. The van der Waals surface area contributed by atoms with Crippen LogP contribution in [0.3, 0.4) is 0 Å². The Balaban J connectivity index is 2.53. The fraction of sp³-hybridized carbons (Fsp3) is 0.188. The number of primary amides is 1. The zero-order valence-electron chi connectivity index (χ0n) is 11.9. The van der Waals surface area contributed by atoms with E-state index >= 15 is 0 Å². The molecule has 0 spiro atoms. The summed E-state index contributed by atoms with van der Waals surface area (Å²) in [5.74, 6) is 0.435. The molecule has 104 valence electrons. The van der Waals surface area contributed by atoms with Crippen LogP contribution in [0.15, 0.2) is 30.3 Å². The van der Waals surface area contributed by atoms with Gasteiger partial charge in [0.2, 0.25) is 0 Å². The summed E-state index contributed by atoms with van der Waals surface area (Å²) < 4.78 is 5.87. The molecule has 2 rings (SSSR count). The monoisotopic (exact) mass is 270 g/mol. The van der Waals surface area contributed by atoms with E-state index < -0.39 is 5.91 Å². The molecule has 0 aromatic heterocycles. The first-order valence-electron chi connectivity index (χ1n) is 6.34. The van der Waals surface area contributed by atoms with Crippen molar-refractivity contribution in [1.29, 1.82) is 0 Å². The molecular formula is C16H18N2O2. The van der Waals surface area contributed by atoms with E-state index in [2.05, 4.69) is 6.07 Å². The molecule has 2 aromatic rings. The van der Waals surface area contributed by atoms with E-state index in [1.807, 2.05) is 26.8 Å². The molecule has 0 saturated heterocycles. The summed E-state index contributed by atoms with van der Waals surface area (Å²) in [7, 11) is 0.